The number of hydrogen-bond donors (Lipinski definition) is 0. The van der Waals surface area contributed by atoms with E-state index in [1.54, 1.807) is 6.66 Å². The van der Waals surface area contributed by atoms with Gasteiger partial charge in [-0.05, 0) is 31.7 Å². The molecule has 0 aromatic carbocycles. The van der Waals surface area contributed by atoms with Gasteiger partial charge < -0.3 is 4.57 Å². The summed E-state index contributed by atoms with van der Waals surface area (Å²) >= 11 is 0. The topological polar surface area (TPSA) is 17.1 Å². The normalized spacial score (nSPS) is 18.2. The summed E-state index contributed by atoms with van der Waals surface area (Å²) in [5.41, 5.74) is 0. The SMILES string of the molecule is C=C.C=C(/C=C\C)P(C)(=O)C1=CC=CCC1. The lowest BCUT2D eigenvalue weighted by Crippen LogP contribution is -1.91. The third kappa shape index (κ3) is 3.83. The molecule has 0 saturated carbocycles. The summed E-state index contributed by atoms with van der Waals surface area (Å²) in [6.45, 7) is 13.6. The van der Waals surface area contributed by atoms with Crippen LogP contribution in [0.3, 0.4) is 0 Å². The van der Waals surface area contributed by atoms with Gasteiger partial charge in [-0.25, -0.2) is 0 Å². The molecule has 0 bridgehead atoms. The van der Waals surface area contributed by atoms with Crippen molar-refractivity contribution >= 4 is 7.14 Å². The molecule has 0 spiro atoms. The molecular weight excluding hydrogens is 215 g/mol. The average Bonchev–Trinajstić information content (AvgIpc) is 2.33. The van der Waals surface area contributed by atoms with Gasteiger partial charge in [-0.15, -0.1) is 13.2 Å². The molecule has 0 fully saturated rings. The second-order valence-electron chi connectivity index (χ2n) is 3.54. The molecule has 0 saturated heterocycles. The molecule has 2 heteroatoms. The first-order valence-corrected chi connectivity index (χ1v) is 7.50. The van der Waals surface area contributed by atoms with Crippen LogP contribution < -0.4 is 0 Å². The van der Waals surface area contributed by atoms with Crippen LogP contribution in [-0.4, -0.2) is 6.66 Å². The largest absolute Gasteiger partial charge is 0.314 e. The maximum Gasteiger partial charge on any atom is 0.135 e. The molecule has 1 aliphatic rings. The van der Waals surface area contributed by atoms with Gasteiger partial charge in [0.1, 0.15) is 7.14 Å². The van der Waals surface area contributed by atoms with Crippen LogP contribution in [-0.2, 0) is 4.57 Å². The standard InChI is InChI=1S/C12H17OP.C2H4/c1-4-8-11(2)14(3,13)12-9-6-5-7-10-12;1-2/h4-6,8-9H,2,7,10H2,1,3H3;1-2H2/b8-4-;. The number of allylic oxidation sites excluding steroid dienone is 7. The first-order chi connectivity index (χ1) is 7.59. The molecule has 0 aromatic rings. The average molecular weight is 236 g/mol. The molecule has 0 aliphatic heterocycles. The third-order valence-corrected chi connectivity index (χ3v) is 5.16. The molecule has 0 N–H and O–H groups in total. The van der Waals surface area contributed by atoms with E-state index in [2.05, 4.69) is 25.8 Å². The lowest BCUT2D eigenvalue weighted by atomic mass is 10.2. The van der Waals surface area contributed by atoms with Gasteiger partial charge in [-0.2, -0.15) is 0 Å². The van der Waals surface area contributed by atoms with Crippen molar-refractivity contribution in [1.29, 1.82) is 0 Å². The van der Waals surface area contributed by atoms with Gasteiger partial charge >= 0.3 is 0 Å². The quantitative estimate of drug-likeness (QED) is 0.378. The minimum atomic E-state index is -2.35. The Labute approximate surface area is 99.3 Å². The molecule has 1 atom stereocenters. The molecule has 1 nitrogen and oxygen atoms in total. The zero-order chi connectivity index (χ0) is 12.6. The molecule has 16 heavy (non-hydrogen) atoms. The van der Waals surface area contributed by atoms with E-state index in [-0.39, 0.29) is 0 Å². The molecule has 0 aromatic heterocycles. The third-order valence-electron chi connectivity index (χ3n) is 2.45. The molecule has 1 aliphatic carbocycles. The van der Waals surface area contributed by atoms with Crippen LogP contribution in [0.2, 0.25) is 0 Å². The minimum absolute atomic E-state index is 0.751. The van der Waals surface area contributed by atoms with Crippen molar-refractivity contribution in [2.75, 3.05) is 6.66 Å². The molecule has 1 rings (SSSR count). The molecule has 0 heterocycles. The summed E-state index contributed by atoms with van der Waals surface area (Å²) in [7, 11) is -2.35. The lowest BCUT2D eigenvalue weighted by Gasteiger charge is -2.18. The van der Waals surface area contributed by atoms with Crippen LogP contribution in [0.25, 0.3) is 0 Å². The highest BCUT2D eigenvalue weighted by molar-refractivity contribution is 7.71. The van der Waals surface area contributed by atoms with E-state index in [0.29, 0.717) is 0 Å². The van der Waals surface area contributed by atoms with Crippen LogP contribution in [0.1, 0.15) is 19.8 Å². The summed E-state index contributed by atoms with van der Waals surface area (Å²) in [4.78, 5) is 0. The van der Waals surface area contributed by atoms with Gasteiger partial charge in [0.05, 0.1) is 0 Å². The van der Waals surface area contributed by atoms with Crippen molar-refractivity contribution in [3.8, 4) is 0 Å². The summed E-state index contributed by atoms with van der Waals surface area (Å²) in [5, 5.41) is 1.80. The second-order valence-corrected chi connectivity index (χ2v) is 6.54. The zero-order valence-electron chi connectivity index (χ0n) is 10.3. The number of rotatable bonds is 3. The van der Waals surface area contributed by atoms with E-state index in [4.69, 9.17) is 0 Å². The van der Waals surface area contributed by atoms with Crippen molar-refractivity contribution in [2.24, 2.45) is 0 Å². The van der Waals surface area contributed by atoms with Crippen molar-refractivity contribution in [1.82, 2.24) is 0 Å². The van der Waals surface area contributed by atoms with Crippen LogP contribution in [0.5, 0.6) is 0 Å². The lowest BCUT2D eigenvalue weighted by molar-refractivity contribution is 0.585. The van der Waals surface area contributed by atoms with E-state index in [0.717, 1.165) is 23.5 Å². The Kier molecular flexibility index (Phi) is 6.76. The fourth-order valence-corrected chi connectivity index (χ4v) is 3.19. The van der Waals surface area contributed by atoms with Crippen LogP contribution >= 0.6 is 7.14 Å². The van der Waals surface area contributed by atoms with E-state index in [1.807, 2.05) is 31.2 Å². The van der Waals surface area contributed by atoms with Crippen LogP contribution in [0.15, 0.2) is 60.7 Å². The van der Waals surface area contributed by atoms with Gasteiger partial charge in [0, 0.05) is 5.31 Å². The van der Waals surface area contributed by atoms with Crippen molar-refractivity contribution in [3.05, 3.63) is 60.7 Å². The molecular formula is C14H21OP. The van der Waals surface area contributed by atoms with Gasteiger partial charge in [-0.3, -0.25) is 0 Å². The summed E-state index contributed by atoms with van der Waals surface area (Å²) in [6, 6.07) is 0. The molecule has 0 amide bonds. The Hall–Kier alpha value is -1.07. The summed E-state index contributed by atoms with van der Waals surface area (Å²) in [5.74, 6) is 0. The second kappa shape index (κ2) is 7.24. The summed E-state index contributed by atoms with van der Waals surface area (Å²) in [6.07, 6.45) is 11.7. The van der Waals surface area contributed by atoms with E-state index in [9.17, 15) is 4.57 Å². The van der Waals surface area contributed by atoms with Gasteiger partial charge in [-0.1, -0.05) is 37.0 Å². The Morgan fingerprint density at radius 1 is 1.50 bits per heavy atom. The smallest absolute Gasteiger partial charge is 0.135 e. The highest BCUT2D eigenvalue weighted by Gasteiger charge is 2.22. The Bertz CT molecular complexity index is 372. The Balaban J connectivity index is 0.00000106. The minimum Gasteiger partial charge on any atom is -0.314 e. The predicted molar refractivity (Wildman–Crippen MR) is 75.2 cm³/mol. The predicted octanol–water partition coefficient (Wildman–Crippen LogP) is 5.11. The Morgan fingerprint density at radius 3 is 2.56 bits per heavy atom. The maximum absolute atomic E-state index is 12.4. The first kappa shape index (κ1) is 14.9. The molecule has 0 radical (unpaired) electrons. The van der Waals surface area contributed by atoms with Gasteiger partial charge in [0.25, 0.3) is 0 Å². The van der Waals surface area contributed by atoms with Crippen LogP contribution in [0, 0.1) is 0 Å². The fraction of sp³-hybridized carbons (Fsp3) is 0.286. The monoisotopic (exact) mass is 236 g/mol. The summed E-state index contributed by atoms with van der Waals surface area (Å²) < 4.78 is 12.4. The van der Waals surface area contributed by atoms with E-state index >= 15 is 0 Å². The van der Waals surface area contributed by atoms with Gasteiger partial charge in [0.2, 0.25) is 0 Å². The van der Waals surface area contributed by atoms with E-state index < -0.39 is 7.14 Å². The van der Waals surface area contributed by atoms with E-state index in [1.165, 1.54) is 0 Å². The zero-order valence-corrected chi connectivity index (χ0v) is 11.2. The Morgan fingerprint density at radius 2 is 2.12 bits per heavy atom. The van der Waals surface area contributed by atoms with Crippen molar-refractivity contribution in [2.45, 2.75) is 19.8 Å². The first-order valence-electron chi connectivity index (χ1n) is 5.35. The fourth-order valence-electron chi connectivity index (χ4n) is 1.46. The molecule has 1 unspecified atom stereocenters. The van der Waals surface area contributed by atoms with Gasteiger partial charge in [0.15, 0.2) is 0 Å². The van der Waals surface area contributed by atoms with Crippen molar-refractivity contribution < 1.29 is 4.57 Å². The highest BCUT2D eigenvalue weighted by atomic mass is 31.2. The highest BCUT2D eigenvalue weighted by Crippen LogP contribution is 2.59. The van der Waals surface area contributed by atoms with Crippen LogP contribution in [0.4, 0.5) is 0 Å². The van der Waals surface area contributed by atoms with Crippen molar-refractivity contribution in [3.63, 3.8) is 0 Å². The maximum atomic E-state index is 12.4. The molecule has 88 valence electrons. The number of hydrogen-bond acceptors (Lipinski definition) is 1.